The highest BCUT2D eigenvalue weighted by molar-refractivity contribution is 6.06. The number of carbonyl (C=O) groups excluding carboxylic acids is 1. The van der Waals surface area contributed by atoms with Crippen LogP contribution in [0.3, 0.4) is 0 Å². The molecular formula is C22H24FN5O4. The molecule has 1 aliphatic heterocycles. The van der Waals surface area contributed by atoms with E-state index in [1.165, 1.54) is 19.2 Å². The highest BCUT2D eigenvalue weighted by Gasteiger charge is 2.21. The smallest absolute Gasteiger partial charge is 0.260 e. The average molecular weight is 441 g/mol. The van der Waals surface area contributed by atoms with Gasteiger partial charge in [0.05, 0.1) is 18.8 Å². The molecule has 2 aromatic heterocycles. The zero-order chi connectivity index (χ0) is 22.5. The van der Waals surface area contributed by atoms with Gasteiger partial charge in [0.15, 0.2) is 17.4 Å². The summed E-state index contributed by atoms with van der Waals surface area (Å²) in [5.74, 6) is -0.0784. The van der Waals surface area contributed by atoms with E-state index in [1.807, 2.05) is 10.6 Å². The van der Waals surface area contributed by atoms with Crippen molar-refractivity contribution in [1.29, 1.82) is 0 Å². The minimum absolute atomic E-state index is 0.0518. The van der Waals surface area contributed by atoms with Crippen molar-refractivity contribution in [3.05, 3.63) is 48.0 Å². The third kappa shape index (κ3) is 4.70. The number of hydrogen-bond donors (Lipinski definition) is 1. The fourth-order valence-corrected chi connectivity index (χ4v) is 3.44. The normalized spacial score (nSPS) is 16.2. The largest absolute Gasteiger partial charge is 0.493 e. The summed E-state index contributed by atoms with van der Waals surface area (Å²) in [4.78, 5) is 17.6. The Bertz CT molecular complexity index is 1100. The van der Waals surface area contributed by atoms with Crippen molar-refractivity contribution in [3.8, 4) is 23.0 Å². The maximum absolute atomic E-state index is 14.6. The van der Waals surface area contributed by atoms with Gasteiger partial charge in [-0.2, -0.15) is 0 Å². The highest BCUT2D eigenvalue weighted by Crippen LogP contribution is 2.30. The van der Waals surface area contributed by atoms with Crippen molar-refractivity contribution < 1.29 is 23.4 Å². The first-order valence-electron chi connectivity index (χ1n) is 10.3. The average Bonchev–Trinajstić information content (AvgIpc) is 3.27. The van der Waals surface area contributed by atoms with Crippen LogP contribution < -0.4 is 14.8 Å². The van der Waals surface area contributed by atoms with Crippen LogP contribution in [0, 0.1) is 5.82 Å². The molecule has 0 saturated carbocycles. The minimum Gasteiger partial charge on any atom is -0.493 e. The van der Waals surface area contributed by atoms with Gasteiger partial charge in [-0.3, -0.25) is 4.79 Å². The number of nitrogens with zero attached hydrogens (tertiary/aromatic N) is 4. The topological polar surface area (TPSA) is 100 Å². The lowest BCUT2D eigenvalue weighted by Gasteiger charge is -2.18. The molecule has 4 rings (SSSR count). The van der Waals surface area contributed by atoms with Crippen LogP contribution in [0.4, 0.5) is 10.2 Å². The summed E-state index contributed by atoms with van der Waals surface area (Å²) in [7, 11) is 1.52. The van der Waals surface area contributed by atoms with Gasteiger partial charge in [0.25, 0.3) is 5.91 Å². The van der Waals surface area contributed by atoms with Crippen molar-refractivity contribution in [1.82, 2.24) is 19.7 Å². The number of anilines is 1. The van der Waals surface area contributed by atoms with Crippen LogP contribution in [-0.2, 0) is 4.74 Å². The van der Waals surface area contributed by atoms with Crippen LogP contribution in [0.1, 0.15) is 36.2 Å². The molecule has 9 nitrogen and oxygen atoms in total. The monoisotopic (exact) mass is 441 g/mol. The Kier molecular flexibility index (Phi) is 6.60. The van der Waals surface area contributed by atoms with Gasteiger partial charge < -0.3 is 24.1 Å². The molecule has 168 valence electrons. The molecule has 0 radical (unpaired) electrons. The molecular weight excluding hydrogens is 417 g/mol. The van der Waals surface area contributed by atoms with Crippen LogP contribution >= 0.6 is 0 Å². The van der Waals surface area contributed by atoms with Gasteiger partial charge in [0, 0.05) is 19.2 Å². The number of methoxy groups -OCH3 is 1. The van der Waals surface area contributed by atoms with Gasteiger partial charge in [0.1, 0.15) is 30.2 Å². The van der Waals surface area contributed by atoms with Gasteiger partial charge in [0.2, 0.25) is 0 Å². The van der Waals surface area contributed by atoms with Crippen LogP contribution in [0.15, 0.2) is 36.7 Å². The Balaban J connectivity index is 1.71. The number of pyridine rings is 1. The van der Waals surface area contributed by atoms with E-state index >= 15 is 0 Å². The maximum atomic E-state index is 14.6. The molecule has 3 heterocycles. The van der Waals surface area contributed by atoms with E-state index < -0.39 is 11.7 Å². The minimum atomic E-state index is -0.614. The maximum Gasteiger partial charge on any atom is 0.260 e. The highest BCUT2D eigenvalue weighted by atomic mass is 19.1. The molecule has 1 N–H and O–H groups in total. The molecule has 1 amide bonds. The Morgan fingerprint density at radius 3 is 3.03 bits per heavy atom. The summed E-state index contributed by atoms with van der Waals surface area (Å²) in [6.45, 7) is 2.81. The first-order valence-corrected chi connectivity index (χ1v) is 10.3. The van der Waals surface area contributed by atoms with Crippen molar-refractivity contribution in [2.75, 3.05) is 32.2 Å². The Morgan fingerprint density at radius 1 is 1.31 bits per heavy atom. The van der Waals surface area contributed by atoms with Crippen LogP contribution in [0.25, 0.3) is 11.5 Å². The molecule has 32 heavy (non-hydrogen) atoms. The number of amides is 1. The quantitative estimate of drug-likeness (QED) is 0.619. The third-order valence-electron chi connectivity index (χ3n) is 5.12. The predicted molar refractivity (Wildman–Crippen MR) is 114 cm³/mol. The number of fused-ring (bicyclic) bond motifs is 5. The molecule has 0 aliphatic carbocycles. The number of aromatic nitrogens is 4. The van der Waals surface area contributed by atoms with E-state index in [1.54, 1.807) is 18.5 Å². The molecule has 1 aliphatic rings. The summed E-state index contributed by atoms with van der Waals surface area (Å²) >= 11 is 0. The SMILES string of the molecule is COCCOc1cc2c(cc1F)OCCC[C@H](C)n1cnnc1-c1cccc(n1)NC2=O. The third-order valence-corrected chi connectivity index (χ3v) is 5.12. The lowest BCUT2D eigenvalue weighted by molar-refractivity contribution is 0.102. The fourth-order valence-electron chi connectivity index (χ4n) is 3.44. The van der Waals surface area contributed by atoms with E-state index in [0.29, 0.717) is 37.0 Å². The Labute approximate surface area is 184 Å². The van der Waals surface area contributed by atoms with Gasteiger partial charge >= 0.3 is 0 Å². The van der Waals surface area contributed by atoms with Crippen LogP contribution in [0.2, 0.25) is 0 Å². The number of nitrogens with one attached hydrogen (secondary N) is 1. The van der Waals surface area contributed by atoms with E-state index in [2.05, 4.69) is 27.4 Å². The first-order chi connectivity index (χ1) is 15.6. The second-order valence-corrected chi connectivity index (χ2v) is 7.38. The van der Waals surface area contributed by atoms with Gasteiger partial charge in [-0.1, -0.05) is 6.07 Å². The molecule has 1 atom stereocenters. The summed E-state index contributed by atoms with van der Waals surface area (Å²) in [5.41, 5.74) is 0.739. The number of carbonyl (C=O) groups is 1. The molecule has 3 aromatic rings. The molecule has 0 fully saturated rings. The van der Waals surface area contributed by atoms with Crippen molar-refractivity contribution >= 4 is 11.7 Å². The zero-order valence-electron chi connectivity index (χ0n) is 17.9. The number of hydrogen-bond acceptors (Lipinski definition) is 7. The van der Waals surface area contributed by atoms with Crippen molar-refractivity contribution in [2.45, 2.75) is 25.8 Å². The lowest BCUT2D eigenvalue weighted by Crippen LogP contribution is -2.17. The molecule has 0 spiro atoms. The van der Waals surface area contributed by atoms with Crippen molar-refractivity contribution in [2.24, 2.45) is 0 Å². The van der Waals surface area contributed by atoms with Crippen LogP contribution in [-0.4, -0.2) is 52.6 Å². The first kappa shape index (κ1) is 21.7. The second kappa shape index (κ2) is 9.73. The molecule has 10 heteroatoms. The summed E-state index contributed by atoms with van der Waals surface area (Å²) in [6, 6.07) is 7.85. The Morgan fingerprint density at radius 2 is 2.19 bits per heavy atom. The molecule has 0 unspecified atom stereocenters. The number of halogens is 1. The Hall–Kier alpha value is -3.53. The van der Waals surface area contributed by atoms with E-state index in [-0.39, 0.29) is 29.7 Å². The van der Waals surface area contributed by atoms with Gasteiger partial charge in [-0.05, 0) is 38.0 Å². The van der Waals surface area contributed by atoms with Crippen molar-refractivity contribution in [3.63, 3.8) is 0 Å². The molecule has 2 bridgehead atoms. The summed E-state index contributed by atoms with van der Waals surface area (Å²) in [6.07, 6.45) is 3.11. The number of benzene rings is 1. The van der Waals surface area contributed by atoms with Gasteiger partial charge in [-0.15, -0.1) is 10.2 Å². The standard InChI is InChI=1S/C22H24FN5O4/c1-14-5-4-8-31-18-12-16(23)19(32-10-9-30-2)11-15(18)22(29)26-20-7-3-6-17(25-20)21-27-24-13-28(14)21/h3,6-7,11-14H,4-5,8-10H2,1-2H3,(H,25,26,29)/t14-/m0/s1. The van der Waals surface area contributed by atoms with Crippen LogP contribution in [0.5, 0.6) is 11.5 Å². The summed E-state index contributed by atoms with van der Waals surface area (Å²) in [5, 5.41) is 11.0. The summed E-state index contributed by atoms with van der Waals surface area (Å²) < 4.78 is 32.7. The predicted octanol–water partition coefficient (Wildman–Crippen LogP) is 3.49. The van der Waals surface area contributed by atoms with E-state index in [9.17, 15) is 9.18 Å². The van der Waals surface area contributed by atoms with E-state index in [0.717, 1.165) is 6.42 Å². The fraction of sp³-hybridized carbons (Fsp3) is 0.364. The number of ether oxygens (including phenoxy) is 3. The molecule has 1 aromatic carbocycles. The lowest BCUT2D eigenvalue weighted by atomic mass is 10.1. The molecule has 0 saturated heterocycles. The number of rotatable bonds is 4. The second-order valence-electron chi connectivity index (χ2n) is 7.38. The zero-order valence-corrected chi connectivity index (χ0v) is 17.9. The van der Waals surface area contributed by atoms with E-state index in [4.69, 9.17) is 14.2 Å². The van der Waals surface area contributed by atoms with Gasteiger partial charge in [-0.25, -0.2) is 9.37 Å².